The Morgan fingerprint density at radius 2 is 2.19 bits per heavy atom. The molecule has 3 nitrogen and oxygen atoms in total. The van der Waals surface area contributed by atoms with Crippen molar-refractivity contribution in [3.8, 4) is 0 Å². The maximum atomic E-state index is 4.53. The molecule has 1 aromatic heterocycles. The highest BCUT2D eigenvalue weighted by Crippen LogP contribution is 2.03. The van der Waals surface area contributed by atoms with Gasteiger partial charge < -0.3 is 5.32 Å². The Balaban J connectivity index is 2.33. The number of aryl methyl sites for hydroxylation is 1. The molecule has 0 saturated carbocycles. The van der Waals surface area contributed by atoms with Crippen LogP contribution in [0, 0.1) is 0 Å². The van der Waals surface area contributed by atoms with Crippen molar-refractivity contribution < 1.29 is 0 Å². The van der Waals surface area contributed by atoms with Gasteiger partial charge in [0.25, 0.3) is 0 Å². The fourth-order valence-corrected chi connectivity index (χ4v) is 1.77. The van der Waals surface area contributed by atoms with Gasteiger partial charge in [0.15, 0.2) is 0 Å². The molecule has 0 radical (unpaired) electrons. The fourth-order valence-electron chi connectivity index (χ4n) is 1.35. The number of hydrogen-bond donors (Lipinski definition) is 1. The molecule has 0 amide bonds. The van der Waals surface area contributed by atoms with Crippen LogP contribution in [0.1, 0.15) is 32.9 Å². The van der Waals surface area contributed by atoms with Crippen molar-refractivity contribution in [2.75, 3.05) is 12.0 Å². The number of nitrogens with zero attached hydrogens (tertiary/aromatic N) is 2. The van der Waals surface area contributed by atoms with Gasteiger partial charge in [0.1, 0.15) is 0 Å². The molecule has 1 rings (SSSR count). The fraction of sp³-hybridized carbons (Fsp3) is 0.750. The van der Waals surface area contributed by atoms with Crippen LogP contribution >= 0.6 is 11.8 Å². The zero-order chi connectivity index (χ0) is 12.0. The molecular formula is C12H23N3S. The lowest BCUT2D eigenvalue weighted by molar-refractivity contribution is 0.419. The van der Waals surface area contributed by atoms with Crippen molar-refractivity contribution in [1.29, 1.82) is 0 Å². The molecule has 0 bridgehead atoms. The number of thioether (sulfide) groups is 1. The second-order valence-electron chi connectivity index (χ2n) is 5.02. The van der Waals surface area contributed by atoms with Crippen molar-refractivity contribution in [3.63, 3.8) is 0 Å². The molecule has 92 valence electrons. The van der Waals surface area contributed by atoms with Gasteiger partial charge in [0, 0.05) is 24.8 Å². The highest BCUT2D eigenvalue weighted by Gasteiger charge is 2.09. The smallest absolute Gasteiger partial charge is 0.0762 e. The summed E-state index contributed by atoms with van der Waals surface area (Å²) in [7, 11) is 0. The van der Waals surface area contributed by atoms with Gasteiger partial charge in [-0.25, -0.2) is 0 Å². The molecule has 0 aliphatic rings. The topological polar surface area (TPSA) is 29.9 Å². The highest BCUT2D eigenvalue weighted by molar-refractivity contribution is 7.98. The summed E-state index contributed by atoms with van der Waals surface area (Å²) in [4.78, 5) is 0. The third-order valence-electron chi connectivity index (χ3n) is 2.23. The van der Waals surface area contributed by atoms with E-state index in [0.29, 0.717) is 0 Å². The van der Waals surface area contributed by atoms with Crippen LogP contribution in [-0.2, 0) is 13.1 Å². The summed E-state index contributed by atoms with van der Waals surface area (Å²) >= 11 is 1.89. The maximum absolute atomic E-state index is 4.53. The largest absolute Gasteiger partial charge is 0.306 e. The summed E-state index contributed by atoms with van der Waals surface area (Å²) in [5.41, 5.74) is 1.28. The summed E-state index contributed by atoms with van der Waals surface area (Å²) in [5.74, 6) is 1.20. The van der Waals surface area contributed by atoms with Crippen molar-refractivity contribution in [3.05, 3.63) is 18.0 Å². The molecule has 0 fully saturated rings. The first-order valence-electron chi connectivity index (χ1n) is 5.77. The quantitative estimate of drug-likeness (QED) is 0.776. The van der Waals surface area contributed by atoms with Crippen LogP contribution in [0.25, 0.3) is 0 Å². The van der Waals surface area contributed by atoms with Crippen LogP contribution in [-0.4, -0.2) is 27.3 Å². The third kappa shape index (κ3) is 5.56. The van der Waals surface area contributed by atoms with Crippen molar-refractivity contribution >= 4 is 11.8 Å². The number of rotatable bonds is 6. The van der Waals surface area contributed by atoms with E-state index in [1.165, 1.54) is 12.2 Å². The average Bonchev–Trinajstić information content (AvgIpc) is 2.62. The van der Waals surface area contributed by atoms with E-state index in [-0.39, 0.29) is 5.54 Å². The SMILES string of the molecule is CSCCCn1ccc(CNC(C)(C)C)n1. The van der Waals surface area contributed by atoms with Gasteiger partial charge in [-0.3, -0.25) is 4.68 Å². The monoisotopic (exact) mass is 241 g/mol. The normalized spacial score (nSPS) is 12.0. The maximum Gasteiger partial charge on any atom is 0.0762 e. The van der Waals surface area contributed by atoms with Gasteiger partial charge in [-0.15, -0.1) is 0 Å². The van der Waals surface area contributed by atoms with Gasteiger partial charge in [-0.1, -0.05) is 0 Å². The van der Waals surface area contributed by atoms with E-state index >= 15 is 0 Å². The second kappa shape index (κ2) is 6.30. The first-order chi connectivity index (χ1) is 7.51. The van der Waals surface area contributed by atoms with Crippen LogP contribution < -0.4 is 5.32 Å². The minimum Gasteiger partial charge on any atom is -0.306 e. The van der Waals surface area contributed by atoms with E-state index in [1.807, 2.05) is 16.4 Å². The highest BCUT2D eigenvalue weighted by atomic mass is 32.2. The van der Waals surface area contributed by atoms with Crippen LogP contribution in [0.2, 0.25) is 0 Å². The third-order valence-corrected chi connectivity index (χ3v) is 2.93. The van der Waals surface area contributed by atoms with Crippen LogP contribution in [0.3, 0.4) is 0 Å². The van der Waals surface area contributed by atoms with Gasteiger partial charge in [-0.2, -0.15) is 16.9 Å². The van der Waals surface area contributed by atoms with Crippen molar-refractivity contribution in [2.45, 2.75) is 45.8 Å². The zero-order valence-electron chi connectivity index (χ0n) is 10.8. The lowest BCUT2D eigenvalue weighted by Crippen LogP contribution is -2.35. The summed E-state index contributed by atoms with van der Waals surface area (Å²) in [6.07, 6.45) is 5.40. The summed E-state index contributed by atoms with van der Waals surface area (Å²) in [6, 6.07) is 2.10. The van der Waals surface area contributed by atoms with E-state index in [0.717, 1.165) is 18.8 Å². The Morgan fingerprint density at radius 1 is 1.44 bits per heavy atom. The van der Waals surface area contributed by atoms with E-state index < -0.39 is 0 Å². The molecule has 1 aromatic rings. The van der Waals surface area contributed by atoms with Crippen molar-refractivity contribution in [1.82, 2.24) is 15.1 Å². The van der Waals surface area contributed by atoms with Gasteiger partial charge >= 0.3 is 0 Å². The molecular weight excluding hydrogens is 218 g/mol. The lowest BCUT2D eigenvalue weighted by atomic mass is 10.1. The molecule has 4 heteroatoms. The molecule has 16 heavy (non-hydrogen) atoms. The Bertz CT molecular complexity index is 301. The summed E-state index contributed by atoms with van der Waals surface area (Å²) < 4.78 is 2.04. The zero-order valence-corrected chi connectivity index (χ0v) is 11.6. The van der Waals surface area contributed by atoms with Gasteiger partial charge in [0.2, 0.25) is 0 Å². The van der Waals surface area contributed by atoms with E-state index in [2.05, 4.69) is 49.7 Å². The molecule has 0 spiro atoms. The van der Waals surface area contributed by atoms with Crippen LogP contribution in [0.15, 0.2) is 12.3 Å². The first-order valence-corrected chi connectivity index (χ1v) is 7.17. The average molecular weight is 241 g/mol. The molecule has 0 aliphatic carbocycles. The molecule has 1 N–H and O–H groups in total. The predicted molar refractivity (Wildman–Crippen MR) is 71.8 cm³/mol. The Labute approximate surface area is 103 Å². The standard InChI is InChI=1S/C12H23N3S/c1-12(2,3)13-10-11-6-8-15(14-11)7-5-9-16-4/h6,8,13H,5,7,9-10H2,1-4H3. The first kappa shape index (κ1) is 13.6. The lowest BCUT2D eigenvalue weighted by Gasteiger charge is -2.19. The summed E-state index contributed by atoms with van der Waals surface area (Å²) in [6.45, 7) is 8.38. The predicted octanol–water partition coefficient (Wildman–Crippen LogP) is 2.52. The minimum atomic E-state index is 0.155. The number of hydrogen-bond acceptors (Lipinski definition) is 3. The van der Waals surface area contributed by atoms with Crippen molar-refractivity contribution in [2.24, 2.45) is 0 Å². The van der Waals surface area contributed by atoms with Gasteiger partial charge in [-0.05, 0) is 45.3 Å². The van der Waals surface area contributed by atoms with E-state index in [1.54, 1.807) is 0 Å². The Hall–Kier alpha value is -0.480. The molecule has 0 aliphatic heterocycles. The van der Waals surface area contributed by atoms with E-state index in [4.69, 9.17) is 0 Å². The molecule has 0 atom stereocenters. The molecule has 1 heterocycles. The molecule has 0 aromatic carbocycles. The number of nitrogens with one attached hydrogen (secondary N) is 1. The minimum absolute atomic E-state index is 0.155. The Kier molecular flexibility index (Phi) is 5.35. The molecule has 0 unspecified atom stereocenters. The summed E-state index contributed by atoms with van der Waals surface area (Å²) in [5, 5.41) is 7.97. The molecule has 0 saturated heterocycles. The van der Waals surface area contributed by atoms with Gasteiger partial charge in [0.05, 0.1) is 5.69 Å². The van der Waals surface area contributed by atoms with Crippen LogP contribution in [0.4, 0.5) is 0 Å². The van der Waals surface area contributed by atoms with E-state index in [9.17, 15) is 0 Å². The Morgan fingerprint density at radius 3 is 2.81 bits per heavy atom. The number of aromatic nitrogens is 2. The second-order valence-corrected chi connectivity index (χ2v) is 6.01. The van der Waals surface area contributed by atoms with Crippen LogP contribution in [0.5, 0.6) is 0 Å².